The van der Waals surface area contributed by atoms with E-state index in [9.17, 15) is 0 Å². The van der Waals surface area contributed by atoms with E-state index < -0.39 is 0 Å². The maximum Gasteiger partial charge on any atom is 0.0453 e. The summed E-state index contributed by atoms with van der Waals surface area (Å²) in [5.41, 5.74) is 8.88. The van der Waals surface area contributed by atoms with Crippen molar-refractivity contribution in [3.8, 4) is 0 Å². The second kappa shape index (κ2) is 6.49. The summed E-state index contributed by atoms with van der Waals surface area (Å²) in [6, 6.07) is 10.7. The highest BCUT2D eigenvalue weighted by Crippen LogP contribution is 2.33. The minimum atomic E-state index is 0.00905. The van der Waals surface area contributed by atoms with E-state index in [0.717, 1.165) is 30.1 Å². The van der Waals surface area contributed by atoms with E-state index in [4.69, 9.17) is 17.3 Å². The molecule has 4 heteroatoms. The van der Waals surface area contributed by atoms with E-state index >= 15 is 0 Å². The smallest absolute Gasteiger partial charge is 0.0453 e. The second-order valence-corrected chi connectivity index (χ2v) is 7.09. The van der Waals surface area contributed by atoms with Gasteiger partial charge in [-0.1, -0.05) is 29.8 Å². The van der Waals surface area contributed by atoms with Crippen molar-refractivity contribution < 1.29 is 0 Å². The van der Waals surface area contributed by atoms with Gasteiger partial charge >= 0.3 is 0 Å². The van der Waals surface area contributed by atoms with E-state index in [-0.39, 0.29) is 6.04 Å². The van der Waals surface area contributed by atoms with Crippen LogP contribution in [0.5, 0.6) is 0 Å². The molecule has 1 aliphatic rings. The van der Waals surface area contributed by atoms with Crippen LogP contribution in [0.4, 0.5) is 0 Å². The molecule has 2 nitrogen and oxygen atoms in total. The Morgan fingerprint density at radius 1 is 1.38 bits per heavy atom. The monoisotopic (exact) mass is 320 g/mol. The third kappa shape index (κ3) is 3.16. The van der Waals surface area contributed by atoms with Gasteiger partial charge in [-0.15, -0.1) is 11.3 Å². The number of thiophene rings is 1. The zero-order valence-electron chi connectivity index (χ0n) is 12.3. The van der Waals surface area contributed by atoms with Crippen molar-refractivity contribution in [3.05, 3.63) is 56.7 Å². The molecule has 2 heterocycles. The zero-order chi connectivity index (χ0) is 14.8. The van der Waals surface area contributed by atoms with Gasteiger partial charge < -0.3 is 5.73 Å². The van der Waals surface area contributed by atoms with Gasteiger partial charge in [0.15, 0.2) is 0 Å². The van der Waals surface area contributed by atoms with E-state index in [2.05, 4.69) is 23.3 Å². The number of hydrogen-bond acceptors (Lipinski definition) is 3. The summed E-state index contributed by atoms with van der Waals surface area (Å²) >= 11 is 8.11. The quantitative estimate of drug-likeness (QED) is 0.904. The molecule has 3 rings (SSSR count). The molecule has 2 N–H and O–H groups in total. The number of fused-ring (bicyclic) bond motifs is 1. The van der Waals surface area contributed by atoms with Crippen molar-refractivity contribution in [2.24, 2.45) is 5.73 Å². The van der Waals surface area contributed by atoms with Crippen LogP contribution < -0.4 is 5.73 Å². The van der Waals surface area contributed by atoms with Gasteiger partial charge in [-0.3, -0.25) is 4.90 Å². The number of nitrogens with zero attached hydrogens (tertiary/aromatic N) is 1. The van der Waals surface area contributed by atoms with Crippen LogP contribution in [0.1, 0.15) is 41.4 Å². The SMILES string of the molecule is CC1c2ccsc2CCN1CCC(N)c1ccccc1Cl. The van der Waals surface area contributed by atoms with Crippen molar-refractivity contribution in [1.29, 1.82) is 0 Å². The molecule has 112 valence electrons. The first-order valence-electron chi connectivity index (χ1n) is 7.47. The van der Waals surface area contributed by atoms with Crippen molar-refractivity contribution >= 4 is 22.9 Å². The molecule has 0 spiro atoms. The van der Waals surface area contributed by atoms with Crippen LogP contribution >= 0.6 is 22.9 Å². The molecule has 0 saturated carbocycles. The Bertz CT molecular complexity index is 610. The standard InChI is InChI=1S/C17H21ClN2S/c1-12-13-8-11-21-17(13)7-10-20(12)9-6-16(19)14-4-2-3-5-15(14)18/h2-5,8,11-12,16H,6-7,9-10,19H2,1H3. The molecule has 1 aromatic carbocycles. The van der Waals surface area contributed by atoms with E-state index in [1.807, 2.05) is 35.6 Å². The molecule has 0 saturated heterocycles. The first kappa shape index (κ1) is 15.0. The van der Waals surface area contributed by atoms with Crippen LogP contribution in [-0.4, -0.2) is 18.0 Å². The molecule has 2 atom stereocenters. The molecule has 0 amide bonds. The summed E-state index contributed by atoms with van der Waals surface area (Å²) in [7, 11) is 0. The van der Waals surface area contributed by atoms with Crippen LogP contribution in [0, 0.1) is 0 Å². The minimum absolute atomic E-state index is 0.00905. The average Bonchev–Trinajstić information content (AvgIpc) is 2.96. The Labute approximate surface area is 135 Å². The largest absolute Gasteiger partial charge is 0.324 e. The maximum atomic E-state index is 6.32. The molecule has 1 aromatic heterocycles. The van der Waals surface area contributed by atoms with Crippen LogP contribution in [0.2, 0.25) is 5.02 Å². The lowest BCUT2D eigenvalue weighted by Gasteiger charge is -2.34. The fourth-order valence-corrected chi connectivity index (χ4v) is 4.34. The van der Waals surface area contributed by atoms with Gasteiger partial charge in [0, 0.05) is 35.1 Å². The molecule has 2 unspecified atom stereocenters. The third-order valence-electron chi connectivity index (χ3n) is 4.44. The van der Waals surface area contributed by atoms with E-state index in [0.29, 0.717) is 6.04 Å². The molecule has 0 radical (unpaired) electrons. The van der Waals surface area contributed by atoms with Gasteiger partial charge in [-0.05, 0) is 48.4 Å². The number of rotatable bonds is 4. The van der Waals surface area contributed by atoms with Gasteiger partial charge in [0.05, 0.1) is 0 Å². The predicted octanol–water partition coefficient (Wildman–Crippen LogP) is 4.41. The molecular formula is C17H21ClN2S. The fourth-order valence-electron chi connectivity index (χ4n) is 3.10. The van der Waals surface area contributed by atoms with Crippen molar-refractivity contribution in [1.82, 2.24) is 4.90 Å². The second-order valence-electron chi connectivity index (χ2n) is 5.68. The first-order valence-corrected chi connectivity index (χ1v) is 8.73. The Hall–Kier alpha value is -0.870. The Balaban J connectivity index is 1.62. The van der Waals surface area contributed by atoms with Gasteiger partial charge in [0.1, 0.15) is 0 Å². The number of nitrogens with two attached hydrogens (primary N) is 1. The molecule has 21 heavy (non-hydrogen) atoms. The van der Waals surface area contributed by atoms with Crippen molar-refractivity contribution in [2.75, 3.05) is 13.1 Å². The number of halogens is 1. The molecule has 0 fully saturated rings. The van der Waals surface area contributed by atoms with Gasteiger partial charge in [-0.25, -0.2) is 0 Å². The van der Waals surface area contributed by atoms with Crippen LogP contribution in [-0.2, 0) is 6.42 Å². The number of hydrogen-bond donors (Lipinski definition) is 1. The van der Waals surface area contributed by atoms with Gasteiger partial charge in [-0.2, -0.15) is 0 Å². The summed E-state index contributed by atoms with van der Waals surface area (Å²) in [4.78, 5) is 4.08. The summed E-state index contributed by atoms with van der Waals surface area (Å²) in [6.45, 7) is 4.44. The van der Waals surface area contributed by atoms with Crippen LogP contribution in [0.25, 0.3) is 0 Å². The highest BCUT2D eigenvalue weighted by atomic mass is 35.5. The Morgan fingerprint density at radius 3 is 3.00 bits per heavy atom. The minimum Gasteiger partial charge on any atom is -0.324 e. The summed E-state index contributed by atoms with van der Waals surface area (Å²) < 4.78 is 0. The predicted molar refractivity (Wildman–Crippen MR) is 91.0 cm³/mol. The van der Waals surface area contributed by atoms with Gasteiger partial charge in [0.25, 0.3) is 0 Å². The molecule has 1 aliphatic heterocycles. The number of benzene rings is 1. The first-order chi connectivity index (χ1) is 10.2. The topological polar surface area (TPSA) is 29.3 Å². The average molecular weight is 321 g/mol. The summed E-state index contributed by atoms with van der Waals surface area (Å²) in [5.74, 6) is 0. The molecular weight excluding hydrogens is 300 g/mol. The molecule has 2 aromatic rings. The zero-order valence-corrected chi connectivity index (χ0v) is 13.8. The van der Waals surface area contributed by atoms with Crippen LogP contribution in [0.3, 0.4) is 0 Å². The Morgan fingerprint density at radius 2 is 2.19 bits per heavy atom. The van der Waals surface area contributed by atoms with Crippen LogP contribution in [0.15, 0.2) is 35.7 Å². The van der Waals surface area contributed by atoms with E-state index in [1.165, 1.54) is 12.0 Å². The summed E-state index contributed by atoms with van der Waals surface area (Å²) in [5, 5.41) is 2.98. The maximum absolute atomic E-state index is 6.32. The molecule has 0 aliphatic carbocycles. The highest BCUT2D eigenvalue weighted by molar-refractivity contribution is 7.10. The normalized spacial score (nSPS) is 20.2. The lowest BCUT2D eigenvalue weighted by molar-refractivity contribution is 0.193. The van der Waals surface area contributed by atoms with Gasteiger partial charge in [0.2, 0.25) is 0 Å². The third-order valence-corrected chi connectivity index (χ3v) is 5.78. The Kier molecular flexibility index (Phi) is 4.65. The lowest BCUT2D eigenvalue weighted by Crippen LogP contribution is -2.35. The highest BCUT2D eigenvalue weighted by Gasteiger charge is 2.24. The summed E-state index contributed by atoms with van der Waals surface area (Å²) in [6.07, 6.45) is 2.10. The van der Waals surface area contributed by atoms with E-state index in [1.54, 1.807) is 4.88 Å². The lowest BCUT2D eigenvalue weighted by atomic mass is 9.99. The molecule has 0 bridgehead atoms. The van der Waals surface area contributed by atoms with Crippen molar-refractivity contribution in [2.45, 2.75) is 31.8 Å². The van der Waals surface area contributed by atoms with Crippen molar-refractivity contribution in [3.63, 3.8) is 0 Å². The fraction of sp³-hybridized carbons (Fsp3) is 0.412.